The molecule has 0 fully saturated rings. The highest BCUT2D eigenvalue weighted by molar-refractivity contribution is 7.89. The molecule has 0 bridgehead atoms. The molecule has 1 heterocycles. The smallest absolute Gasteiger partial charge is 0.271 e. The van der Waals surface area contributed by atoms with Gasteiger partial charge in [0.1, 0.15) is 11.5 Å². The summed E-state index contributed by atoms with van der Waals surface area (Å²) in [6, 6.07) is 6.22. The molecule has 2 aromatic rings. The number of carbonyl (C=O) groups excluding carboxylic acids is 1. The second-order valence-corrected chi connectivity index (χ2v) is 6.97. The lowest BCUT2D eigenvalue weighted by Crippen LogP contribution is -2.26. The van der Waals surface area contributed by atoms with Crippen LogP contribution in [-0.2, 0) is 16.4 Å². The fourth-order valence-electron chi connectivity index (χ4n) is 2.05. The van der Waals surface area contributed by atoms with Crippen LogP contribution in [0.1, 0.15) is 29.4 Å². The lowest BCUT2D eigenvalue weighted by molar-refractivity contribution is 0.0949. The molecule has 0 unspecified atom stereocenters. The summed E-state index contributed by atoms with van der Waals surface area (Å²) in [5.74, 6) is 0.323. The Kier molecular flexibility index (Phi) is 6.43. The predicted octanol–water partition coefficient (Wildman–Crippen LogP) is 0.918. The maximum atomic E-state index is 12.0. The van der Waals surface area contributed by atoms with Crippen molar-refractivity contribution in [3.63, 3.8) is 0 Å². The summed E-state index contributed by atoms with van der Waals surface area (Å²) in [6.45, 7) is 3.24. The van der Waals surface area contributed by atoms with Gasteiger partial charge in [-0.1, -0.05) is 19.1 Å². The van der Waals surface area contributed by atoms with Gasteiger partial charge < -0.3 is 10.6 Å². The van der Waals surface area contributed by atoms with Crippen LogP contribution in [0.5, 0.6) is 0 Å². The average Bonchev–Trinajstić information content (AvgIpc) is 2.60. The van der Waals surface area contributed by atoms with Gasteiger partial charge in [0.05, 0.1) is 17.3 Å². The van der Waals surface area contributed by atoms with Crippen LogP contribution in [0, 0.1) is 0 Å². The number of primary sulfonamides is 1. The van der Waals surface area contributed by atoms with Gasteiger partial charge in [-0.05, 0) is 30.5 Å². The molecule has 9 heteroatoms. The van der Waals surface area contributed by atoms with Crippen LogP contribution in [0.15, 0.2) is 41.6 Å². The highest BCUT2D eigenvalue weighted by Crippen LogP contribution is 2.09. The van der Waals surface area contributed by atoms with Crippen LogP contribution in [-0.4, -0.2) is 37.4 Å². The van der Waals surface area contributed by atoms with E-state index in [0.29, 0.717) is 18.8 Å². The molecule has 0 atom stereocenters. The van der Waals surface area contributed by atoms with E-state index in [1.165, 1.54) is 24.5 Å². The number of nitrogens with one attached hydrogen (secondary N) is 2. The Balaban J connectivity index is 1.83. The van der Waals surface area contributed by atoms with Crippen molar-refractivity contribution in [3.8, 4) is 0 Å². The van der Waals surface area contributed by atoms with E-state index in [4.69, 9.17) is 5.14 Å². The van der Waals surface area contributed by atoms with Crippen molar-refractivity contribution in [2.75, 3.05) is 18.4 Å². The summed E-state index contributed by atoms with van der Waals surface area (Å²) in [5.41, 5.74) is 1.13. The van der Waals surface area contributed by atoms with E-state index in [2.05, 4.69) is 20.6 Å². The van der Waals surface area contributed by atoms with E-state index in [-0.39, 0.29) is 16.5 Å². The lowest BCUT2D eigenvalue weighted by Gasteiger charge is -2.07. The Bertz CT molecular complexity index is 805. The molecule has 2 rings (SSSR count). The number of nitrogens with two attached hydrogens (primary N) is 1. The number of hydrogen-bond acceptors (Lipinski definition) is 6. The number of carbonyl (C=O) groups is 1. The molecule has 0 radical (unpaired) electrons. The maximum absolute atomic E-state index is 12.0. The number of amides is 1. The molecule has 4 N–H and O–H groups in total. The first kappa shape index (κ1) is 18.8. The van der Waals surface area contributed by atoms with Gasteiger partial charge in [-0.2, -0.15) is 0 Å². The summed E-state index contributed by atoms with van der Waals surface area (Å²) >= 11 is 0. The number of aromatic nitrogens is 2. The minimum Gasteiger partial charge on any atom is -0.369 e. The fourth-order valence-corrected chi connectivity index (χ4v) is 2.56. The minimum absolute atomic E-state index is 0.0623. The van der Waals surface area contributed by atoms with Crippen molar-refractivity contribution < 1.29 is 13.2 Å². The maximum Gasteiger partial charge on any atom is 0.271 e. The van der Waals surface area contributed by atoms with Crippen molar-refractivity contribution in [2.24, 2.45) is 5.14 Å². The van der Waals surface area contributed by atoms with Gasteiger partial charge in [-0.25, -0.2) is 23.5 Å². The van der Waals surface area contributed by atoms with Crippen molar-refractivity contribution in [2.45, 2.75) is 24.7 Å². The number of benzene rings is 1. The van der Waals surface area contributed by atoms with Crippen LogP contribution >= 0.6 is 0 Å². The van der Waals surface area contributed by atoms with Gasteiger partial charge in [0.2, 0.25) is 10.0 Å². The van der Waals surface area contributed by atoms with Crippen molar-refractivity contribution in [1.29, 1.82) is 0 Å². The molecule has 134 valence electrons. The molecule has 0 aliphatic carbocycles. The third-order valence-electron chi connectivity index (χ3n) is 3.39. The normalized spacial score (nSPS) is 11.1. The van der Waals surface area contributed by atoms with Crippen LogP contribution in [0.25, 0.3) is 0 Å². The monoisotopic (exact) mass is 363 g/mol. The Morgan fingerprint density at radius 1 is 1.12 bits per heavy atom. The average molecular weight is 363 g/mol. The zero-order valence-electron chi connectivity index (χ0n) is 13.9. The van der Waals surface area contributed by atoms with Gasteiger partial charge >= 0.3 is 0 Å². The second kappa shape index (κ2) is 8.54. The molecule has 8 nitrogen and oxygen atoms in total. The summed E-state index contributed by atoms with van der Waals surface area (Å²) in [7, 11) is -3.69. The van der Waals surface area contributed by atoms with Crippen molar-refractivity contribution in [3.05, 3.63) is 47.9 Å². The highest BCUT2D eigenvalue weighted by Gasteiger charge is 2.09. The number of anilines is 1. The Labute approximate surface area is 146 Å². The molecular formula is C16H21N5O3S. The minimum atomic E-state index is -3.69. The van der Waals surface area contributed by atoms with E-state index < -0.39 is 10.0 Å². The zero-order valence-corrected chi connectivity index (χ0v) is 14.7. The van der Waals surface area contributed by atoms with Crippen LogP contribution in [0.3, 0.4) is 0 Å². The number of sulfonamides is 1. The van der Waals surface area contributed by atoms with Gasteiger partial charge in [-0.3, -0.25) is 4.79 Å². The molecule has 0 saturated carbocycles. The summed E-state index contributed by atoms with van der Waals surface area (Å²) in [4.78, 5) is 20.3. The van der Waals surface area contributed by atoms with Gasteiger partial charge in [0.15, 0.2) is 0 Å². The van der Waals surface area contributed by atoms with Gasteiger partial charge in [-0.15, -0.1) is 0 Å². The number of rotatable bonds is 8. The SMILES string of the molecule is CCCNc1cnc(C(=O)NCCc2ccc(S(N)(=O)=O)cc2)cn1. The van der Waals surface area contributed by atoms with Crippen LogP contribution < -0.4 is 15.8 Å². The highest BCUT2D eigenvalue weighted by atomic mass is 32.2. The van der Waals surface area contributed by atoms with Crippen molar-refractivity contribution >= 4 is 21.7 Å². The molecule has 0 spiro atoms. The first-order chi connectivity index (χ1) is 11.9. The molecule has 0 aliphatic heterocycles. The quantitative estimate of drug-likeness (QED) is 0.640. The zero-order chi connectivity index (χ0) is 18.3. The molecule has 1 aromatic carbocycles. The molecule has 25 heavy (non-hydrogen) atoms. The topological polar surface area (TPSA) is 127 Å². The summed E-state index contributed by atoms with van der Waals surface area (Å²) in [5, 5.41) is 10.9. The Morgan fingerprint density at radius 2 is 1.84 bits per heavy atom. The third-order valence-corrected chi connectivity index (χ3v) is 4.32. The molecule has 0 aliphatic rings. The second-order valence-electron chi connectivity index (χ2n) is 5.41. The van der Waals surface area contributed by atoms with Gasteiger partial charge in [0, 0.05) is 13.1 Å². The third kappa shape index (κ3) is 5.80. The largest absolute Gasteiger partial charge is 0.369 e. The van der Waals surface area contributed by atoms with E-state index in [0.717, 1.165) is 18.5 Å². The number of nitrogens with zero attached hydrogens (tertiary/aromatic N) is 2. The first-order valence-corrected chi connectivity index (χ1v) is 9.40. The Hall–Kier alpha value is -2.52. The number of hydrogen-bond donors (Lipinski definition) is 3. The lowest BCUT2D eigenvalue weighted by atomic mass is 10.1. The fraction of sp³-hybridized carbons (Fsp3) is 0.312. The van der Waals surface area contributed by atoms with Crippen LogP contribution in [0.2, 0.25) is 0 Å². The summed E-state index contributed by atoms with van der Waals surface area (Å²) in [6.07, 6.45) is 4.48. The van der Waals surface area contributed by atoms with Crippen molar-refractivity contribution in [1.82, 2.24) is 15.3 Å². The van der Waals surface area contributed by atoms with E-state index >= 15 is 0 Å². The molecule has 1 aromatic heterocycles. The molecule has 1 amide bonds. The van der Waals surface area contributed by atoms with E-state index in [9.17, 15) is 13.2 Å². The first-order valence-electron chi connectivity index (χ1n) is 7.86. The van der Waals surface area contributed by atoms with E-state index in [1.54, 1.807) is 12.1 Å². The summed E-state index contributed by atoms with van der Waals surface area (Å²) < 4.78 is 22.4. The molecule has 0 saturated heterocycles. The van der Waals surface area contributed by atoms with E-state index in [1.807, 2.05) is 6.92 Å². The Morgan fingerprint density at radius 3 is 2.40 bits per heavy atom. The molecular weight excluding hydrogens is 342 g/mol. The van der Waals surface area contributed by atoms with Crippen LogP contribution in [0.4, 0.5) is 5.82 Å². The standard InChI is InChI=1S/C16H21N5O3S/c1-2-8-18-15-11-20-14(10-21-15)16(22)19-9-7-12-3-5-13(6-4-12)25(17,23)24/h3-6,10-11H,2,7-9H2,1H3,(H,18,21)(H,19,22)(H2,17,23,24). The van der Waals surface area contributed by atoms with Gasteiger partial charge in [0.25, 0.3) is 5.91 Å². The predicted molar refractivity (Wildman–Crippen MR) is 94.7 cm³/mol.